The SMILES string of the molecule is CCOc1ccccc1NC(=O)CC1CSc2nc3c(c(=O)n21)CCCC3. The van der Waals surface area contributed by atoms with E-state index in [0.29, 0.717) is 23.8 Å². The highest BCUT2D eigenvalue weighted by Gasteiger charge is 2.30. The number of hydrogen-bond acceptors (Lipinski definition) is 5. The monoisotopic (exact) mass is 385 g/mol. The Labute approximate surface area is 162 Å². The van der Waals surface area contributed by atoms with E-state index >= 15 is 0 Å². The molecule has 0 saturated heterocycles. The fourth-order valence-electron chi connectivity index (χ4n) is 3.73. The summed E-state index contributed by atoms with van der Waals surface area (Å²) in [5.74, 6) is 1.23. The Hall–Kier alpha value is -2.28. The van der Waals surface area contributed by atoms with Gasteiger partial charge in [0.25, 0.3) is 5.56 Å². The van der Waals surface area contributed by atoms with E-state index in [-0.39, 0.29) is 23.9 Å². The van der Waals surface area contributed by atoms with Crippen LogP contribution < -0.4 is 15.6 Å². The molecule has 1 N–H and O–H groups in total. The number of aryl methyl sites for hydroxylation is 1. The van der Waals surface area contributed by atoms with Crippen molar-refractivity contribution in [3.8, 4) is 5.75 Å². The third kappa shape index (κ3) is 3.60. The maximum absolute atomic E-state index is 13.0. The molecule has 1 amide bonds. The Morgan fingerprint density at radius 3 is 3.00 bits per heavy atom. The quantitative estimate of drug-likeness (QED) is 0.800. The zero-order valence-corrected chi connectivity index (χ0v) is 16.2. The second kappa shape index (κ2) is 7.76. The lowest BCUT2D eigenvalue weighted by Crippen LogP contribution is -2.32. The van der Waals surface area contributed by atoms with E-state index in [4.69, 9.17) is 9.72 Å². The van der Waals surface area contributed by atoms with Gasteiger partial charge in [-0.2, -0.15) is 0 Å². The van der Waals surface area contributed by atoms with Crippen molar-refractivity contribution in [3.05, 3.63) is 45.9 Å². The molecule has 0 radical (unpaired) electrons. The van der Waals surface area contributed by atoms with Crippen molar-refractivity contribution in [1.82, 2.24) is 9.55 Å². The number of hydrogen-bond donors (Lipinski definition) is 1. The van der Waals surface area contributed by atoms with Crippen molar-refractivity contribution in [3.63, 3.8) is 0 Å². The molecule has 0 saturated carbocycles. The number of nitrogens with one attached hydrogen (secondary N) is 1. The van der Waals surface area contributed by atoms with Crippen molar-refractivity contribution < 1.29 is 9.53 Å². The van der Waals surface area contributed by atoms with Gasteiger partial charge in [0, 0.05) is 17.7 Å². The van der Waals surface area contributed by atoms with Crippen LogP contribution in [0.4, 0.5) is 5.69 Å². The third-order valence-corrected chi connectivity index (χ3v) is 6.10. The molecule has 7 heteroatoms. The van der Waals surface area contributed by atoms with Gasteiger partial charge in [-0.25, -0.2) is 4.98 Å². The van der Waals surface area contributed by atoms with Crippen molar-refractivity contribution in [1.29, 1.82) is 0 Å². The first kappa shape index (κ1) is 18.1. The van der Waals surface area contributed by atoms with Gasteiger partial charge < -0.3 is 10.1 Å². The third-order valence-electron chi connectivity index (χ3n) is 5.00. The Morgan fingerprint density at radius 1 is 1.33 bits per heavy atom. The summed E-state index contributed by atoms with van der Waals surface area (Å²) in [6.45, 7) is 2.44. The van der Waals surface area contributed by atoms with E-state index in [2.05, 4.69) is 5.32 Å². The first-order valence-corrected chi connectivity index (χ1v) is 10.4. The highest BCUT2D eigenvalue weighted by Crippen LogP contribution is 2.34. The molecule has 1 unspecified atom stereocenters. The summed E-state index contributed by atoms with van der Waals surface area (Å²) in [4.78, 5) is 30.3. The van der Waals surface area contributed by atoms with Crippen LogP contribution in [0.5, 0.6) is 5.75 Å². The van der Waals surface area contributed by atoms with Crippen molar-refractivity contribution in [2.75, 3.05) is 17.7 Å². The number of thioether (sulfide) groups is 1. The van der Waals surface area contributed by atoms with Gasteiger partial charge in [-0.05, 0) is 44.7 Å². The molecule has 1 aliphatic heterocycles. The number of carbonyl (C=O) groups is 1. The lowest BCUT2D eigenvalue weighted by molar-refractivity contribution is -0.116. The van der Waals surface area contributed by atoms with E-state index in [9.17, 15) is 9.59 Å². The summed E-state index contributed by atoms with van der Waals surface area (Å²) < 4.78 is 7.30. The van der Waals surface area contributed by atoms with Crippen LogP contribution in [0.2, 0.25) is 0 Å². The van der Waals surface area contributed by atoms with Gasteiger partial charge in [-0.15, -0.1) is 0 Å². The van der Waals surface area contributed by atoms with E-state index in [0.717, 1.165) is 42.1 Å². The topological polar surface area (TPSA) is 73.2 Å². The average molecular weight is 385 g/mol. The number of benzene rings is 1. The maximum atomic E-state index is 13.0. The Morgan fingerprint density at radius 2 is 2.15 bits per heavy atom. The normalized spacial score (nSPS) is 17.9. The summed E-state index contributed by atoms with van der Waals surface area (Å²) in [6, 6.07) is 7.24. The minimum Gasteiger partial charge on any atom is -0.492 e. The molecule has 2 heterocycles. The number of anilines is 1. The van der Waals surface area contributed by atoms with Gasteiger partial charge in [-0.3, -0.25) is 14.2 Å². The van der Waals surface area contributed by atoms with Crippen LogP contribution in [0.3, 0.4) is 0 Å². The van der Waals surface area contributed by atoms with Crippen LogP contribution in [0.25, 0.3) is 0 Å². The molecular formula is C20H23N3O3S. The maximum Gasteiger partial charge on any atom is 0.257 e. The number of carbonyl (C=O) groups excluding carboxylic acids is 1. The zero-order chi connectivity index (χ0) is 18.8. The molecule has 1 aliphatic carbocycles. The standard InChI is InChI=1S/C20H23N3O3S/c1-2-26-17-10-6-5-9-16(17)21-18(24)11-13-12-27-20-22-15-8-4-3-7-14(15)19(25)23(13)20/h5-6,9-10,13H,2-4,7-8,11-12H2,1H3,(H,21,24). The second-order valence-corrected chi connectivity index (χ2v) is 7.84. The number of fused-ring (bicyclic) bond motifs is 2. The summed E-state index contributed by atoms with van der Waals surface area (Å²) in [7, 11) is 0. The van der Waals surface area contributed by atoms with E-state index < -0.39 is 0 Å². The molecule has 0 bridgehead atoms. The van der Waals surface area contributed by atoms with Crippen LogP contribution in [-0.2, 0) is 17.6 Å². The van der Waals surface area contributed by atoms with Crippen LogP contribution in [0, 0.1) is 0 Å². The molecule has 1 aromatic heterocycles. The minimum absolute atomic E-state index is 0.0483. The molecule has 27 heavy (non-hydrogen) atoms. The van der Waals surface area contributed by atoms with Gasteiger partial charge in [0.2, 0.25) is 5.91 Å². The number of nitrogens with zero attached hydrogens (tertiary/aromatic N) is 2. The number of aromatic nitrogens is 2. The van der Waals surface area contributed by atoms with Gasteiger partial charge in [0.15, 0.2) is 5.16 Å². The van der Waals surface area contributed by atoms with Crippen molar-refractivity contribution in [2.24, 2.45) is 0 Å². The lowest BCUT2D eigenvalue weighted by atomic mass is 9.97. The van der Waals surface area contributed by atoms with E-state index in [1.807, 2.05) is 31.2 Å². The molecule has 0 fully saturated rings. The van der Waals surface area contributed by atoms with Crippen LogP contribution >= 0.6 is 11.8 Å². The number of amides is 1. The van der Waals surface area contributed by atoms with Gasteiger partial charge in [0.1, 0.15) is 5.75 Å². The molecule has 1 aromatic carbocycles. The Bertz CT molecular complexity index is 925. The number of rotatable bonds is 5. The van der Waals surface area contributed by atoms with Gasteiger partial charge in [-0.1, -0.05) is 23.9 Å². The van der Waals surface area contributed by atoms with Gasteiger partial charge >= 0.3 is 0 Å². The molecule has 2 aliphatic rings. The fourth-order valence-corrected chi connectivity index (χ4v) is 4.88. The smallest absolute Gasteiger partial charge is 0.257 e. The predicted octanol–water partition coefficient (Wildman–Crippen LogP) is 3.20. The summed E-state index contributed by atoms with van der Waals surface area (Å²) in [5, 5.41) is 3.68. The first-order valence-electron chi connectivity index (χ1n) is 9.46. The lowest BCUT2D eigenvalue weighted by Gasteiger charge is -2.19. The molecular weight excluding hydrogens is 362 g/mol. The van der Waals surface area contributed by atoms with Gasteiger partial charge in [0.05, 0.1) is 24.0 Å². The molecule has 1 atom stereocenters. The molecule has 142 valence electrons. The highest BCUT2D eigenvalue weighted by atomic mass is 32.2. The molecule has 0 spiro atoms. The van der Waals surface area contributed by atoms with Crippen molar-refractivity contribution in [2.45, 2.75) is 50.2 Å². The second-order valence-electron chi connectivity index (χ2n) is 6.85. The minimum atomic E-state index is -0.156. The Balaban J connectivity index is 1.53. The fraction of sp³-hybridized carbons (Fsp3) is 0.450. The molecule has 6 nitrogen and oxygen atoms in total. The van der Waals surface area contributed by atoms with Crippen molar-refractivity contribution >= 4 is 23.4 Å². The first-order chi connectivity index (χ1) is 13.2. The largest absolute Gasteiger partial charge is 0.492 e. The average Bonchev–Trinajstić information content (AvgIpc) is 3.06. The Kier molecular flexibility index (Phi) is 5.20. The predicted molar refractivity (Wildman–Crippen MR) is 106 cm³/mol. The van der Waals surface area contributed by atoms with E-state index in [1.165, 1.54) is 0 Å². The van der Waals surface area contributed by atoms with E-state index in [1.54, 1.807) is 16.3 Å². The molecule has 2 aromatic rings. The zero-order valence-electron chi connectivity index (χ0n) is 15.4. The number of ether oxygens (including phenoxy) is 1. The summed E-state index contributed by atoms with van der Waals surface area (Å²) >= 11 is 1.57. The van der Waals surface area contributed by atoms with Crippen LogP contribution in [-0.4, -0.2) is 27.8 Å². The highest BCUT2D eigenvalue weighted by molar-refractivity contribution is 7.99. The summed E-state index contributed by atoms with van der Waals surface area (Å²) in [5.41, 5.74) is 2.51. The van der Waals surface area contributed by atoms with Crippen LogP contribution in [0.1, 0.15) is 43.5 Å². The van der Waals surface area contributed by atoms with Crippen LogP contribution in [0.15, 0.2) is 34.2 Å². The number of para-hydroxylation sites is 2. The summed E-state index contributed by atoms with van der Waals surface area (Å²) in [6.07, 6.45) is 4.07. The molecule has 4 rings (SSSR count).